The molecule has 2 amide bonds. The van der Waals surface area contributed by atoms with Crippen LogP contribution in [0.4, 0.5) is 15.8 Å². The lowest BCUT2D eigenvalue weighted by Gasteiger charge is -2.36. The van der Waals surface area contributed by atoms with Crippen molar-refractivity contribution in [3.8, 4) is 0 Å². The second-order valence-corrected chi connectivity index (χ2v) is 9.84. The van der Waals surface area contributed by atoms with Gasteiger partial charge in [0.05, 0.1) is 16.4 Å². The Morgan fingerprint density at radius 1 is 1.19 bits per heavy atom. The first-order valence-electron chi connectivity index (χ1n) is 10.3. The maximum absolute atomic E-state index is 14.1. The van der Waals surface area contributed by atoms with Crippen LogP contribution in [0.2, 0.25) is 5.02 Å². The molecule has 3 heterocycles. The van der Waals surface area contributed by atoms with Gasteiger partial charge < -0.3 is 15.1 Å². The van der Waals surface area contributed by atoms with Gasteiger partial charge in [0.2, 0.25) is 5.91 Å². The van der Waals surface area contributed by atoms with Crippen molar-refractivity contribution in [2.24, 2.45) is 0 Å². The number of pyridine rings is 1. The fraction of sp³-hybridized carbons (Fsp3) is 0.435. The van der Waals surface area contributed by atoms with Crippen LogP contribution in [0.1, 0.15) is 50.3 Å². The van der Waals surface area contributed by atoms with Crippen molar-refractivity contribution in [2.45, 2.75) is 45.1 Å². The van der Waals surface area contributed by atoms with Crippen molar-refractivity contribution >= 4 is 34.8 Å². The number of amides is 2. The van der Waals surface area contributed by atoms with E-state index in [4.69, 9.17) is 16.6 Å². The molecule has 2 aliphatic rings. The van der Waals surface area contributed by atoms with Gasteiger partial charge in [-0.05, 0) is 44.2 Å². The van der Waals surface area contributed by atoms with Crippen LogP contribution in [0.25, 0.3) is 0 Å². The zero-order valence-electron chi connectivity index (χ0n) is 18.1. The summed E-state index contributed by atoms with van der Waals surface area (Å²) in [7, 11) is 0. The van der Waals surface area contributed by atoms with E-state index in [2.05, 4.69) is 19.2 Å². The fourth-order valence-electron chi connectivity index (χ4n) is 4.40. The number of aromatic nitrogens is 1. The highest BCUT2D eigenvalue weighted by molar-refractivity contribution is 6.30. The third-order valence-corrected chi connectivity index (χ3v) is 6.33. The van der Waals surface area contributed by atoms with Crippen molar-refractivity contribution in [1.82, 2.24) is 15.2 Å². The number of nitrogens with zero attached hydrogens (tertiary/aromatic N) is 3. The topological polar surface area (TPSA) is 65.5 Å². The van der Waals surface area contributed by atoms with Crippen molar-refractivity contribution in [3.63, 3.8) is 0 Å². The molecule has 2 aliphatic heterocycles. The highest BCUT2D eigenvalue weighted by Crippen LogP contribution is 2.43. The standard InChI is InChI=1S/C23H26ClFN4O2/c1-22(2)13-28(14-5-6-15(24)16(25)11-14)18-8-7-17(27-20(18)22)21(31)29-10-9-26-19(30)12-23(29,3)4/h5-8,11H,9-10,12-13H2,1-4H3,(H,26,30). The third-order valence-electron chi connectivity index (χ3n) is 6.02. The van der Waals surface area contributed by atoms with E-state index in [9.17, 15) is 14.0 Å². The summed E-state index contributed by atoms with van der Waals surface area (Å²) >= 11 is 5.84. The monoisotopic (exact) mass is 444 g/mol. The first kappa shape index (κ1) is 21.6. The first-order chi connectivity index (χ1) is 14.5. The Morgan fingerprint density at radius 3 is 2.65 bits per heavy atom. The Balaban J connectivity index is 1.70. The number of fused-ring (bicyclic) bond motifs is 1. The first-order valence-corrected chi connectivity index (χ1v) is 10.7. The van der Waals surface area contributed by atoms with Gasteiger partial charge in [-0.2, -0.15) is 0 Å². The molecule has 8 heteroatoms. The molecule has 0 spiro atoms. The summed E-state index contributed by atoms with van der Waals surface area (Å²) in [5.74, 6) is -0.734. The van der Waals surface area contributed by atoms with Crippen molar-refractivity contribution in [3.05, 3.63) is 52.6 Å². The van der Waals surface area contributed by atoms with Gasteiger partial charge in [0.25, 0.3) is 5.91 Å². The molecule has 1 fully saturated rings. The van der Waals surface area contributed by atoms with Crippen LogP contribution in [-0.2, 0) is 10.2 Å². The molecule has 4 rings (SSSR count). The Morgan fingerprint density at radius 2 is 1.94 bits per heavy atom. The van der Waals surface area contributed by atoms with E-state index >= 15 is 0 Å². The molecule has 1 aromatic carbocycles. The Hall–Kier alpha value is -2.67. The minimum Gasteiger partial charge on any atom is -0.354 e. The zero-order chi connectivity index (χ0) is 22.6. The van der Waals surface area contributed by atoms with E-state index in [1.54, 1.807) is 23.1 Å². The summed E-state index contributed by atoms with van der Waals surface area (Å²) in [5.41, 5.74) is 1.71. The quantitative estimate of drug-likeness (QED) is 0.759. The van der Waals surface area contributed by atoms with E-state index in [0.717, 1.165) is 11.4 Å². The minimum absolute atomic E-state index is 0.0609. The zero-order valence-corrected chi connectivity index (χ0v) is 18.9. The molecule has 0 atom stereocenters. The fourth-order valence-corrected chi connectivity index (χ4v) is 4.52. The second kappa shape index (κ2) is 7.48. The molecule has 0 saturated carbocycles. The average molecular weight is 445 g/mol. The molecule has 0 unspecified atom stereocenters. The SMILES string of the molecule is CC1(C)CN(c2ccc(Cl)c(F)c2)c2ccc(C(=O)N3CCNC(=O)CC3(C)C)nc21. The molecule has 6 nitrogen and oxygen atoms in total. The van der Waals surface area contributed by atoms with Gasteiger partial charge in [0.15, 0.2) is 0 Å². The maximum Gasteiger partial charge on any atom is 0.272 e. The number of rotatable bonds is 2. The predicted molar refractivity (Wildman–Crippen MR) is 118 cm³/mol. The molecule has 0 bridgehead atoms. The van der Waals surface area contributed by atoms with E-state index in [1.165, 1.54) is 6.07 Å². The summed E-state index contributed by atoms with van der Waals surface area (Å²) in [6.07, 6.45) is 0.241. The molecule has 2 aromatic rings. The molecular formula is C23H26ClFN4O2. The van der Waals surface area contributed by atoms with Gasteiger partial charge in [0, 0.05) is 42.7 Å². The van der Waals surface area contributed by atoms with Gasteiger partial charge in [-0.15, -0.1) is 0 Å². The number of hydrogen-bond acceptors (Lipinski definition) is 4. The number of anilines is 2. The summed E-state index contributed by atoms with van der Waals surface area (Å²) < 4.78 is 14.1. The lowest BCUT2D eigenvalue weighted by Crippen LogP contribution is -2.48. The number of carbonyl (C=O) groups is 2. The summed E-state index contributed by atoms with van der Waals surface area (Å²) in [5, 5.41) is 2.90. The van der Waals surface area contributed by atoms with Crippen LogP contribution in [0.5, 0.6) is 0 Å². The van der Waals surface area contributed by atoms with Crippen LogP contribution >= 0.6 is 11.6 Å². The van der Waals surface area contributed by atoms with Crippen LogP contribution in [0.15, 0.2) is 30.3 Å². The summed E-state index contributed by atoms with van der Waals surface area (Å²) in [6.45, 7) is 9.33. The normalized spacial score (nSPS) is 19.6. The van der Waals surface area contributed by atoms with Crippen LogP contribution in [0, 0.1) is 5.82 Å². The molecule has 0 aliphatic carbocycles. The van der Waals surface area contributed by atoms with E-state index in [0.29, 0.717) is 31.0 Å². The van der Waals surface area contributed by atoms with Crippen LogP contribution < -0.4 is 10.2 Å². The van der Waals surface area contributed by atoms with E-state index < -0.39 is 11.4 Å². The highest BCUT2D eigenvalue weighted by atomic mass is 35.5. The van der Waals surface area contributed by atoms with Gasteiger partial charge in [-0.1, -0.05) is 25.4 Å². The van der Waals surface area contributed by atoms with Gasteiger partial charge in [0.1, 0.15) is 11.5 Å². The average Bonchev–Trinajstić information content (AvgIpc) is 2.87. The minimum atomic E-state index is -0.610. The van der Waals surface area contributed by atoms with Crippen LogP contribution in [0.3, 0.4) is 0 Å². The Kier molecular flexibility index (Phi) is 5.20. The maximum atomic E-state index is 14.1. The third kappa shape index (κ3) is 3.87. The number of carbonyl (C=O) groups excluding carboxylic acids is 2. The van der Waals surface area contributed by atoms with Crippen molar-refractivity contribution < 1.29 is 14.0 Å². The van der Waals surface area contributed by atoms with Crippen molar-refractivity contribution in [1.29, 1.82) is 0 Å². The molecular weight excluding hydrogens is 419 g/mol. The Bertz CT molecular complexity index is 1070. The number of benzene rings is 1. The van der Waals surface area contributed by atoms with Gasteiger partial charge in [-0.25, -0.2) is 9.37 Å². The summed E-state index contributed by atoms with van der Waals surface area (Å²) in [6, 6.07) is 8.30. The second-order valence-electron chi connectivity index (χ2n) is 9.43. The van der Waals surface area contributed by atoms with Gasteiger partial charge >= 0.3 is 0 Å². The molecule has 1 saturated heterocycles. The Labute approximate surface area is 186 Å². The van der Waals surface area contributed by atoms with Gasteiger partial charge in [-0.3, -0.25) is 9.59 Å². The largest absolute Gasteiger partial charge is 0.354 e. The lowest BCUT2D eigenvalue weighted by molar-refractivity contribution is -0.121. The lowest BCUT2D eigenvalue weighted by atomic mass is 9.91. The molecule has 1 aromatic heterocycles. The molecule has 0 radical (unpaired) electrons. The number of halogens is 2. The van der Waals surface area contributed by atoms with Crippen molar-refractivity contribution in [2.75, 3.05) is 24.5 Å². The number of hydrogen-bond donors (Lipinski definition) is 1. The predicted octanol–water partition coefficient (Wildman–Crippen LogP) is 4.04. The number of nitrogens with one attached hydrogen (secondary N) is 1. The highest BCUT2D eigenvalue weighted by Gasteiger charge is 2.40. The molecule has 1 N–H and O–H groups in total. The molecule has 164 valence electrons. The smallest absolute Gasteiger partial charge is 0.272 e. The summed E-state index contributed by atoms with van der Waals surface area (Å²) in [4.78, 5) is 33.8. The van der Waals surface area contributed by atoms with E-state index in [1.807, 2.05) is 24.8 Å². The molecule has 31 heavy (non-hydrogen) atoms. The van der Waals surface area contributed by atoms with E-state index in [-0.39, 0.29) is 28.7 Å². The van der Waals surface area contributed by atoms with Crippen LogP contribution in [-0.4, -0.2) is 46.9 Å².